The highest BCUT2D eigenvalue weighted by atomic mass is 35.5. The predicted octanol–water partition coefficient (Wildman–Crippen LogP) is 0.751. The van der Waals surface area contributed by atoms with Crippen LogP contribution in [0.15, 0.2) is 30.3 Å². The summed E-state index contributed by atoms with van der Waals surface area (Å²) in [7, 11) is 1.56. The van der Waals surface area contributed by atoms with Crippen molar-refractivity contribution < 1.29 is 9.59 Å². The first-order valence-electron chi connectivity index (χ1n) is 5.91. The molecule has 0 radical (unpaired) electrons. The molecule has 2 amide bonds. The van der Waals surface area contributed by atoms with Crippen molar-refractivity contribution in [2.45, 2.75) is 18.9 Å². The highest BCUT2D eigenvalue weighted by Crippen LogP contribution is 2.12. The number of hydrogen-bond donors (Lipinski definition) is 3. The fraction of sp³-hybridized carbons (Fsp3) is 0.385. The van der Waals surface area contributed by atoms with Crippen LogP contribution in [0.2, 0.25) is 0 Å². The van der Waals surface area contributed by atoms with E-state index < -0.39 is 0 Å². The average Bonchev–Trinajstić information content (AvgIpc) is 2.39. The van der Waals surface area contributed by atoms with Gasteiger partial charge in [0.1, 0.15) is 0 Å². The van der Waals surface area contributed by atoms with E-state index in [1.165, 1.54) is 0 Å². The van der Waals surface area contributed by atoms with Gasteiger partial charge < -0.3 is 16.4 Å². The molecule has 106 valence electrons. The second-order valence-electron chi connectivity index (χ2n) is 3.99. The molecule has 4 N–H and O–H groups in total. The summed E-state index contributed by atoms with van der Waals surface area (Å²) in [4.78, 5) is 22.5. The number of carbonyl (C=O) groups is 2. The number of benzene rings is 1. The third-order valence-electron chi connectivity index (χ3n) is 2.59. The van der Waals surface area contributed by atoms with Crippen LogP contribution < -0.4 is 16.4 Å². The lowest BCUT2D eigenvalue weighted by Gasteiger charge is -2.11. The maximum Gasteiger partial charge on any atom is 0.221 e. The first-order chi connectivity index (χ1) is 8.63. The van der Waals surface area contributed by atoms with Crippen molar-refractivity contribution in [1.82, 2.24) is 10.6 Å². The summed E-state index contributed by atoms with van der Waals surface area (Å²) in [6.45, 7) is 0.333. The summed E-state index contributed by atoms with van der Waals surface area (Å²) in [5.74, 6) is -0.238. The minimum absolute atomic E-state index is 0. The Kier molecular flexibility index (Phi) is 8.57. The minimum Gasteiger partial charge on any atom is -0.359 e. The summed E-state index contributed by atoms with van der Waals surface area (Å²) < 4.78 is 0. The fourth-order valence-electron chi connectivity index (χ4n) is 1.53. The molecule has 1 aromatic carbocycles. The van der Waals surface area contributed by atoms with Crippen molar-refractivity contribution in [2.75, 3.05) is 13.6 Å². The Hall–Kier alpha value is -1.59. The van der Waals surface area contributed by atoms with Gasteiger partial charge >= 0.3 is 0 Å². The minimum atomic E-state index is -0.314. The maximum absolute atomic E-state index is 11.6. The topological polar surface area (TPSA) is 84.2 Å². The fourth-order valence-corrected chi connectivity index (χ4v) is 1.53. The van der Waals surface area contributed by atoms with Crippen LogP contribution >= 0.6 is 12.4 Å². The highest BCUT2D eigenvalue weighted by molar-refractivity contribution is 5.85. The average molecular weight is 286 g/mol. The molecule has 0 heterocycles. The number of amides is 2. The van der Waals surface area contributed by atoms with Crippen molar-refractivity contribution in [1.29, 1.82) is 0 Å². The van der Waals surface area contributed by atoms with E-state index in [4.69, 9.17) is 5.73 Å². The van der Waals surface area contributed by atoms with Crippen LogP contribution in [0.25, 0.3) is 0 Å². The zero-order chi connectivity index (χ0) is 13.4. The quantitative estimate of drug-likeness (QED) is 0.721. The summed E-state index contributed by atoms with van der Waals surface area (Å²) in [6, 6.07) is 9.15. The largest absolute Gasteiger partial charge is 0.359 e. The number of hydrogen-bond acceptors (Lipinski definition) is 3. The molecule has 0 aliphatic carbocycles. The van der Waals surface area contributed by atoms with Gasteiger partial charge in [-0.1, -0.05) is 30.3 Å². The lowest BCUT2D eigenvalue weighted by atomic mass is 10.0. The van der Waals surface area contributed by atoms with E-state index in [2.05, 4.69) is 10.6 Å². The lowest BCUT2D eigenvalue weighted by Crippen LogP contribution is -2.31. The summed E-state index contributed by atoms with van der Waals surface area (Å²) >= 11 is 0. The van der Waals surface area contributed by atoms with E-state index in [0.717, 1.165) is 5.56 Å². The second kappa shape index (κ2) is 9.35. The van der Waals surface area contributed by atoms with Gasteiger partial charge in [0.2, 0.25) is 11.8 Å². The normalized spacial score (nSPS) is 11.1. The van der Waals surface area contributed by atoms with E-state index in [0.29, 0.717) is 6.54 Å². The molecule has 1 aromatic rings. The van der Waals surface area contributed by atoms with Crippen molar-refractivity contribution in [2.24, 2.45) is 5.73 Å². The second-order valence-corrected chi connectivity index (χ2v) is 3.99. The number of nitrogens with one attached hydrogen (secondary N) is 2. The summed E-state index contributed by atoms with van der Waals surface area (Å²) in [5.41, 5.74) is 6.84. The van der Waals surface area contributed by atoms with E-state index >= 15 is 0 Å². The van der Waals surface area contributed by atoms with E-state index in [1.807, 2.05) is 30.3 Å². The van der Waals surface area contributed by atoms with Gasteiger partial charge in [-0.3, -0.25) is 9.59 Å². The third-order valence-corrected chi connectivity index (χ3v) is 2.59. The predicted molar refractivity (Wildman–Crippen MR) is 76.9 cm³/mol. The molecule has 0 spiro atoms. The van der Waals surface area contributed by atoms with Gasteiger partial charge in [-0.25, -0.2) is 0 Å². The van der Waals surface area contributed by atoms with Gasteiger partial charge in [-0.2, -0.15) is 0 Å². The van der Waals surface area contributed by atoms with Crippen molar-refractivity contribution in [3.63, 3.8) is 0 Å². The Morgan fingerprint density at radius 2 is 1.84 bits per heavy atom. The first-order valence-corrected chi connectivity index (χ1v) is 5.91. The SMILES string of the molecule is CNC(=O)CCNC(=O)CC(N)c1ccccc1.Cl. The molecule has 0 aromatic heterocycles. The molecule has 0 fully saturated rings. The Morgan fingerprint density at radius 3 is 2.42 bits per heavy atom. The number of halogens is 1. The van der Waals surface area contributed by atoms with Crippen LogP contribution in [0.5, 0.6) is 0 Å². The molecule has 19 heavy (non-hydrogen) atoms. The van der Waals surface area contributed by atoms with Gasteiger partial charge in [0, 0.05) is 32.5 Å². The maximum atomic E-state index is 11.6. The van der Waals surface area contributed by atoms with E-state index in [9.17, 15) is 9.59 Å². The van der Waals surface area contributed by atoms with Crippen LogP contribution in [-0.2, 0) is 9.59 Å². The van der Waals surface area contributed by atoms with Crippen molar-refractivity contribution in [3.8, 4) is 0 Å². The molecule has 6 heteroatoms. The van der Waals surface area contributed by atoms with Crippen LogP contribution in [0.3, 0.4) is 0 Å². The molecule has 0 aliphatic rings. The van der Waals surface area contributed by atoms with Gasteiger partial charge in [0.25, 0.3) is 0 Å². The summed E-state index contributed by atoms with van der Waals surface area (Å²) in [6.07, 6.45) is 0.501. The zero-order valence-corrected chi connectivity index (χ0v) is 11.7. The Labute approximate surface area is 119 Å². The van der Waals surface area contributed by atoms with Crippen LogP contribution in [0, 0.1) is 0 Å². The highest BCUT2D eigenvalue weighted by Gasteiger charge is 2.11. The molecule has 5 nitrogen and oxygen atoms in total. The Balaban J connectivity index is 0.00000324. The number of rotatable bonds is 6. The molecule has 1 unspecified atom stereocenters. The molecular weight excluding hydrogens is 266 g/mol. The third kappa shape index (κ3) is 6.79. The monoisotopic (exact) mass is 285 g/mol. The van der Waals surface area contributed by atoms with Gasteiger partial charge in [-0.05, 0) is 5.56 Å². The summed E-state index contributed by atoms with van der Waals surface area (Å²) in [5, 5.41) is 5.16. The molecule has 0 bridgehead atoms. The molecule has 0 saturated carbocycles. The molecule has 1 atom stereocenters. The van der Waals surface area contributed by atoms with Crippen LogP contribution in [0.4, 0.5) is 0 Å². The first kappa shape index (κ1) is 17.4. The van der Waals surface area contributed by atoms with Gasteiger partial charge in [0.05, 0.1) is 0 Å². The Bertz CT molecular complexity index is 398. The number of nitrogens with two attached hydrogens (primary N) is 1. The van der Waals surface area contributed by atoms with E-state index in [1.54, 1.807) is 7.05 Å². The van der Waals surface area contributed by atoms with Crippen molar-refractivity contribution in [3.05, 3.63) is 35.9 Å². The Morgan fingerprint density at radius 1 is 1.21 bits per heavy atom. The number of carbonyl (C=O) groups excluding carboxylic acids is 2. The molecule has 1 rings (SSSR count). The molecule has 0 saturated heterocycles. The standard InChI is InChI=1S/C13H19N3O2.ClH/c1-15-12(17)7-8-16-13(18)9-11(14)10-5-3-2-4-6-10;/h2-6,11H,7-9,14H2,1H3,(H,15,17)(H,16,18);1H. The van der Waals surface area contributed by atoms with E-state index in [-0.39, 0.29) is 43.1 Å². The van der Waals surface area contributed by atoms with Crippen molar-refractivity contribution >= 4 is 24.2 Å². The smallest absolute Gasteiger partial charge is 0.221 e. The van der Waals surface area contributed by atoms with Crippen LogP contribution in [-0.4, -0.2) is 25.4 Å². The zero-order valence-electron chi connectivity index (χ0n) is 10.9. The van der Waals surface area contributed by atoms with Gasteiger partial charge in [-0.15, -0.1) is 12.4 Å². The lowest BCUT2D eigenvalue weighted by molar-refractivity contribution is -0.122. The molecule has 0 aliphatic heterocycles. The van der Waals surface area contributed by atoms with Gasteiger partial charge in [0.15, 0.2) is 0 Å². The van der Waals surface area contributed by atoms with Crippen LogP contribution in [0.1, 0.15) is 24.4 Å². The molecular formula is C13H20ClN3O2.